The van der Waals surface area contributed by atoms with Crippen molar-refractivity contribution in [3.8, 4) is 17.6 Å². The highest BCUT2D eigenvalue weighted by atomic mass is 32.2. The van der Waals surface area contributed by atoms with E-state index in [0.717, 1.165) is 37.5 Å². The molecule has 0 aliphatic carbocycles. The summed E-state index contributed by atoms with van der Waals surface area (Å²) < 4.78 is 74.1. The first-order valence-electron chi connectivity index (χ1n) is 40.2. The number of carbonyl (C=O) groups is 7. The molecule has 1 aliphatic rings. The van der Waals surface area contributed by atoms with Gasteiger partial charge < -0.3 is 94.4 Å². The number of nitrogens with one attached hydrogen (secondary N) is 6. The summed E-state index contributed by atoms with van der Waals surface area (Å²) in [6.07, 6.45) is 6.77. The smallest absolute Gasteiger partial charge is 0.355 e. The monoisotopic (exact) mass is 1720 g/mol. The van der Waals surface area contributed by atoms with Crippen molar-refractivity contribution in [3.63, 3.8) is 0 Å². The maximum absolute atomic E-state index is 15.8. The summed E-state index contributed by atoms with van der Waals surface area (Å²) in [6, 6.07) is 15.8. The zero-order chi connectivity index (χ0) is 86.9. The lowest BCUT2D eigenvalue weighted by Crippen LogP contribution is -2.54. The summed E-state index contributed by atoms with van der Waals surface area (Å²) in [6.45, 7) is 17.1. The number of fused-ring (bicyclic) bond motifs is 1. The molecule has 2 atom stereocenters. The van der Waals surface area contributed by atoms with Gasteiger partial charge in [-0.25, -0.2) is 18.9 Å². The summed E-state index contributed by atoms with van der Waals surface area (Å²) in [5.74, 6) is 2.55. The fourth-order valence-electron chi connectivity index (χ4n) is 12.0. The lowest BCUT2D eigenvalue weighted by atomic mass is 10.0. The predicted molar refractivity (Wildman–Crippen MR) is 458 cm³/mol. The van der Waals surface area contributed by atoms with Gasteiger partial charge in [0.05, 0.1) is 167 Å². The van der Waals surface area contributed by atoms with Crippen LogP contribution in [0.25, 0.3) is 10.2 Å². The predicted octanol–water partition coefficient (Wildman–Crippen LogP) is 7.06. The second-order valence-electron chi connectivity index (χ2n) is 27.9. The van der Waals surface area contributed by atoms with Gasteiger partial charge in [0.2, 0.25) is 17.7 Å². The first-order chi connectivity index (χ1) is 58.6. The number of thioether (sulfide) groups is 1. The zero-order valence-corrected chi connectivity index (χ0v) is 71.6. The molecule has 8 N–H and O–H groups in total. The normalized spacial score (nSPS) is 12.7. The molecule has 3 aromatic heterocycles. The van der Waals surface area contributed by atoms with Gasteiger partial charge in [0.25, 0.3) is 11.8 Å². The number of imide groups is 1. The summed E-state index contributed by atoms with van der Waals surface area (Å²) >= 11 is 2.90. The van der Waals surface area contributed by atoms with Crippen molar-refractivity contribution in [1.82, 2.24) is 55.9 Å². The van der Waals surface area contributed by atoms with E-state index in [1.165, 1.54) is 47.4 Å². The van der Waals surface area contributed by atoms with Crippen LogP contribution in [-0.4, -0.2) is 290 Å². The van der Waals surface area contributed by atoms with E-state index in [4.69, 9.17) is 52.5 Å². The van der Waals surface area contributed by atoms with Crippen molar-refractivity contribution in [1.29, 1.82) is 0 Å². The van der Waals surface area contributed by atoms with Crippen molar-refractivity contribution in [2.24, 2.45) is 10.9 Å². The highest BCUT2D eigenvalue weighted by Crippen LogP contribution is 2.33. The molecule has 0 saturated carbocycles. The summed E-state index contributed by atoms with van der Waals surface area (Å²) in [5.41, 5.74) is 5.68. The van der Waals surface area contributed by atoms with Crippen molar-refractivity contribution >= 4 is 110 Å². The minimum Gasteiger partial charge on any atom is -0.491 e. The average molecular weight is 1720 g/mol. The number of allylic oxidation sites excluding steroid dienone is 1. The fourth-order valence-corrected chi connectivity index (χ4v) is 14.0. The molecule has 7 rings (SSSR count). The van der Waals surface area contributed by atoms with Crippen LogP contribution in [0.3, 0.4) is 0 Å². The number of carboxylic acid groups (broad SMARTS) is 2. The molecule has 4 heterocycles. The third-order valence-corrected chi connectivity index (χ3v) is 20.4. The molecular weight excluding hydrogens is 1610 g/mol. The van der Waals surface area contributed by atoms with Crippen LogP contribution in [0, 0.1) is 30.5 Å². The maximum atomic E-state index is 15.8. The van der Waals surface area contributed by atoms with Gasteiger partial charge in [0.15, 0.2) is 34.0 Å². The van der Waals surface area contributed by atoms with Gasteiger partial charge in [-0.05, 0) is 139 Å². The number of nitrogens with zero attached hydrogens (tertiary/aromatic N) is 10. The van der Waals surface area contributed by atoms with Crippen LogP contribution in [0.4, 0.5) is 32.5 Å². The number of ether oxygens (including phenoxy) is 10. The summed E-state index contributed by atoms with van der Waals surface area (Å²) in [4.78, 5) is 102. The number of carboxylic acids is 2. The van der Waals surface area contributed by atoms with Crippen molar-refractivity contribution in [3.05, 3.63) is 123 Å². The Morgan fingerprint density at radius 2 is 1.33 bits per heavy atom. The Hall–Kier alpha value is -9.99. The van der Waals surface area contributed by atoms with Crippen LogP contribution in [0.15, 0.2) is 94.6 Å². The molecule has 660 valence electrons. The SMILES string of the molecule is C=N/C(C(=O)O)=C(/CCCOc1ccc(C#CCN(C)c2ccc(NC(=O)C(CCCNC)NC(=O)C(NC(=O)CCOCCN3C(=O)C=CC3=O)C(C)C)cc2CN(C)Cc2cn(CCOCCOCCOCCOCCOCCOCCOCCOCCC(=O)O)nn2)cc1F)SCCCc1c(NC)nnc(Nc2nc3ccccc3s2)c1C. The van der Waals surface area contributed by atoms with Crippen LogP contribution in [-0.2, 0) is 102 Å². The van der Waals surface area contributed by atoms with Gasteiger partial charge in [0.1, 0.15) is 12.1 Å². The second-order valence-corrected chi connectivity index (χ2v) is 30.2. The third-order valence-electron chi connectivity index (χ3n) is 18.3. The molecule has 6 aromatic rings. The summed E-state index contributed by atoms with van der Waals surface area (Å²) in [5, 5.41) is 55.3. The van der Waals surface area contributed by atoms with E-state index >= 15 is 4.39 Å². The van der Waals surface area contributed by atoms with Crippen LogP contribution in [0.5, 0.6) is 5.75 Å². The first-order valence-corrected chi connectivity index (χ1v) is 42.0. The Bertz CT molecular complexity index is 4340. The molecule has 0 saturated heterocycles. The standard InChI is InChI=1S/C83H115FN16O19S2/c1-58(2)76(91-72(101)27-34-110-37-32-100-73(102)25-26-74(100)103)81(107)89-67(18-11-29-85-4)80(106)88-62-22-23-68(61(54-62)55-97(7)56-63-57-99(96-93-63)31-36-112-39-41-114-43-45-116-47-49-118-51-50-117-48-46-115-44-42-113-40-38-111-35-28-75(104)105)98(8)30-12-15-60-21-24-69(65(84)53-60)119-33-13-20-71(77(86-5)82(108)109)120-52-14-16-64-59(3)78(94-95-79(64)87-6)92-83-90-66-17-9-10-19-70(66)121-83/h9-10,17,19,21-26,53-54,57-58,67,76,85H,5,11,13-14,16,18,20,27-52,55-56H2,1-4,6-8H3,(H,87,95)(H,88,106)(H,89,107)(H,91,101)(H,104,105)(H,108,109)(H,90,92,94)/b77-71-. The van der Waals surface area contributed by atoms with E-state index in [0.29, 0.717) is 202 Å². The number of hydrogen-bond acceptors (Lipinski definition) is 30. The lowest BCUT2D eigenvalue weighted by molar-refractivity contribution is -0.139. The fraction of sp³-hybridized carbons (Fsp3) is 0.530. The third kappa shape index (κ3) is 36.3. The molecule has 35 nitrogen and oxygen atoms in total. The molecule has 121 heavy (non-hydrogen) atoms. The molecule has 5 amide bonds. The topological polar surface area (TPSA) is 416 Å². The Balaban J connectivity index is 0.896. The second kappa shape index (κ2) is 55.8. The number of carbonyl (C=O) groups excluding carboxylic acids is 5. The molecule has 1 aliphatic heterocycles. The van der Waals surface area contributed by atoms with Gasteiger partial charge in [-0.1, -0.05) is 54.4 Å². The average Bonchev–Trinajstić information content (AvgIpc) is 1.75. The number of hydrogen-bond donors (Lipinski definition) is 8. The Morgan fingerprint density at radius 1 is 0.702 bits per heavy atom. The largest absolute Gasteiger partial charge is 0.491 e. The molecule has 2 unspecified atom stereocenters. The summed E-state index contributed by atoms with van der Waals surface area (Å²) in [7, 11) is 7.36. The first kappa shape index (κ1) is 98.1. The molecule has 0 bridgehead atoms. The zero-order valence-electron chi connectivity index (χ0n) is 70.0. The quantitative estimate of drug-likeness (QED) is 0.00623. The minimum atomic E-state index is -1.21. The minimum absolute atomic E-state index is 0.00443. The number of aliphatic carboxylic acids is 2. The van der Waals surface area contributed by atoms with Gasteiger partial charge in [-0.2, -0.15) is 0 Å². The van der Waals surface area contributed by atoms with E-state index in [-0.39, 0.29) is 76.1 Å². The number of benzene rings is 3. The van der Waals surface area contributed by atoms with Crippen LogP contribution >= 0.6 is 23.1 Å². The van der Waals surface area contributed by atoms with Crippen molar-refractivity contribution in [2.45, 2.75) is 104 Å². The molecule has 0 spiro atoms. The van der Waals surface area contributed by atoms with Crippen molar-refractivity contribution < 1.29 is 95.5 Å². The van der Waals surface area contributed by atoms with Gasteiger partial charge in [0, 0.05) is 84.9 Å². The number of aliphatic imine (C=N–C) groups is 1. The Labute approximate surface area is 713 Å². The number of anilines is 5. The molecule has 38 heteroatoms. The highest BCUT2D eigenvalue weighted by Gasteiger charge is 2.30. The number of aromatic nitrogens is 6. The number of para-hydroxylation sites is 1. The molecular formula is C83H115FN16O19S2. The van der Waals surface area contributed by atoms with E-state index in [1.54, 1.807) is 44.8 Å². The van der Waals surface area contributed by atoms with E-state index in [1.807, 2.05) is 73.4 Å². The van der Waals surface area contributed by atoms with Gasteiger partial charge in [-0.3, -0.25) is 43.6 Å². The van der Waals surface area contributed by atoms with E-state index in [9.17, 15) is 38.7 Å². The highest BCUT2D eigenvalue weighted by molar-refractivity contribution is 8.03. The number of amides is 5. The van der Waals surface area contributed by atoms with Gasteiger partial charge in [-0.15, -0.1) is 27.1 Å². The van der Waals surface area contributed by atoms with Crippen LogP contribution in [0.2, 0.25) is 0 Å². The lowest BCUT2D eigenvalue weighted by Gasteiger charge is -2.26. The maximum Gasteiger partial charge on any atom is 0.355 e. The molecule has 3 aromatic carbocycles. The number of thiazole rings is 1. The number of rotatable bonds is 64. The molecule has 0 fully saturated rings. The van der Waals surface area contributed by atoms with E-state index in [2.05, 4.69) is 80.9 Å². The van der Waals surface area contributed by atoms with Crippen LogP contribution < -0.4 is 41.5 Å². The van der Waals surface area contributed by atoms with Crippen molar-refractivity contribution in [2.75, 3.05) is 200 Å². The van der Waals surface area contributed by atoms with E-state index < -0.39 is 59.4 Å². The molecule has 0 radical (unpaired) electrons. The van der Waals surface area contributed by atoms with Gasteiger partial charge >= 0.3 is 11.9 Å². The van der Waals surface area contributed by atoms with Crippen LogP contribution in [0.1, 0.15) is 86.7 Å². The Kier molecular flexibility index (Phi) is 45.3. The number of halogens is 1. The Morgan fingerprint density at radius 3 is 1.95 bits per heavy atom.